The van der Waals surface area contributed by atoms with Crippen LogP contribution in [0.4, 0.5) is 10.3 Å². The molecule has 1 aliphatic heterocycles. The summed E-state index contributed by atoms with van der Waals surface area (Å²) in [5.74, 6) is -1.60. The van der Waals surface area contributed by atoms with E-state index in [4.69, 9.17) is 9.15 Å². The second-order valence-electron chi connectivity index (χ2n) is 9.42. The highest BCUT2D eigenvalue weighted by molar-refractivity contribution is 6.20. The lowest BCUT2D eigenvalue weighted by atomic mass is 9.86. The van der Waals surface area contributed by atoms with Crippen LogP contribution in [0.2, 0.25) is 0 Å². The molecule has 0 saturated heterocycles. The number of methoxy groups -OCH3 is 1. The summed E-state index contributed by atoms with van der Waals surface area (Å²) in [5, 5.41) is 9.41. The fourth-order valence-corrected chi connectivity index (χ4v) is 5.81. The monoisotopic (exact) mass is 553 g/mol. The third-order valence-electron chi connectivity index (χ3n) is 7.18. The van der Waals surface area contributed by atoms with Crippen LogP contribution in [0.3, 0.4) is 0 Å². The lowest BCUT2D eigenvalue weighted by molar-refractivity contribution is 0.0600. The first kappa shape index (κ1) is 25.5. The minimum Gasteiger partial charge on any atom is -0.501 e. The molecule has 3 radical (unpaired) electrons. The van der Waals surface area contributed by atoms with Crippen LogP contribution >= 0.6 is 0 Å². The molecule has 11 heteroatoms. The molecule has 1 atom stereocenters. The molecule has 0 aliphatic carbocycles. The number of para-hydroxylation sites is 2. The Morgan fingerprint density at radius 3 is 2.60 bits per heavy atom. The van der Waals surface area contributed by atoms with E-state index in [-0.39, 0.29) is 28.7 Å². The molecule has 0 saturated carbocycles. The van der Waals surface area contributed by atoms with Crippen molar-refractivity contribution in [2.75, 3.05) is 18.6 Å². The zero-order valence-corrected chi connectivity index (χ0v) is 22.5. The Hall–Kier alpha value is -4.77. The standard InChI is InChI=1S/C29H22FN4O5Si/c1-33-26(36)24(35)23(25-31-21-9-5-6-10-22(21)39-25)32-28(33)34-14-13-16-11-12-17(27(37)38-2)15-19(16)29(34,40)18-7-3-4-8-20(18)30/h3-12,15,35H,13-14H2,1-2H3/t29-/m1/s1. The van der Waals surface area contributed by atoms with Crippen LogP contribution in [-0.2, 0) is 23.4 Å². The average Bonchev–Trinajstić information content (AvgIpc) is 3.40. The summed E-state index contributed by atoms with van der Waals surface area (Å²) in [7, 11) is 6.65. The van der Waals surface area contributed by atoms with Crippen LogP contribution in [0.1, 0.15) is 27.0 Å². The van der Waals surface area contributed by atoms with E-state index in [9.17, 15) is 14.7 Å². The van der Waals surface area contributed by atoms with E-state index >= 15 is 4.39 Å². The summed E-state index contributed by atoms with van der Waals surface area (Å²) < 4.78 is 27.5. The molecule has 40 heavy (non-hydrogen) atoms. The number of ether oxygens (including phenoxy) is 1. The number of oxazole rings is 1. The topological polar surface area (TPSA) is 111 Å². The fraction of sp³-hybridized carbons (Fsp3) is 0.172. The number of hydrogen-bond acceptors (Lipinski definition) is 8. The van der Waals surface area contributed by atoms with E-state index in [0.717, 1.165) is 5.56 Å². The molecule has 6 rings (SSSR count). The second kappa shape index (κ2) is 9.45. The number of anilines is 1. The van der Waals surface area contributed by atoms with Crippen LogP contribution in [0.25, 0.3) is 22.7 Å². The average molecular weight is 554 g/mol. The van der Waals surface area contributed by atoms with Gasteiger partial charge in [0.25, 0.3) is 11.4 Å². The predicted octanol–water partition coefficient (Wildman–Crippen LogP) is 3.65. The van der Waals surface area contributed by atoms with Crippen molar-refractivity contribution in [3.05, 3.63) is 105 Å². The first-order valence-electron chi connectivity index (χ1n) is 12.4. The summed E-state index contributed by atoms with van der Waals surface area (Å²) in [4.78, 5) is 36.5. The number of fused-ring (bicyclic) bond motifs is 2. The SMILES string of the molecule is COC(=O)c1ccc2c(c1)[C@]([Si])(c1ccccc1F)N(c1nc(-c3nc4ccccc4o3)c(O)c(=O)n1C)CC2. The highest BCUT2D eigenvalue weighted by Gasteiger charge is 2.44. The van der Waals surface area contributed by atoms with Gasteiger partial charge in [0.2, 0.25) is 11.7 Å². The summed E-state index contributed by atoms with van der Waals surface area (Å²) >= 11 is 0. The number of carbonyl (C=O) groups is 1. The van der Waals surface area contributed by atoms with Crippen molar-refractivity contribution in [1.29, 1.82) is 0 Å². The van der Waals surface area contributed by atoms with Gasteiger partial charge < -0.3 is 19.2 Å². The van der Waals surface area contributed by atoms with Gasteiger partial charge in [-0.25, -0.2) is 19.2 Å². The van der Waals surface area contributed by atoms with Crippen molar-refractivity contribution < 1.29 is 23.4 Å². The molecule has 0 spiro atoms. The summed E-state index contributed by atoms with van der Waals surface area (Å²) in [6, 6.07) is 18.4. The second-order valence-corrected chi connectivity index (χ2v) is 10.1. The smallest absolute Gasteiger partial charge is 0.337 e. The van der Waals surface area contributed by atoms with Crippen molar-refractivity contribution in [2.24, 2.45) is 7.05 Å². The minimum atomic E-state index is -1.41. The Bertz CT molecular complexity index is 1840. The highest BCUT2D eigenvalue weighted by atomic mass is 28.1. The molecular weight excluding hydrogens is 531 g/mol. The van der Waals surface area contributed by atoms with Gasteiger partial charge in [-0.05, 0) is 47.9 Å². The van der Waals surface area contributed by atoms with E-state index in [0.29, 0.717) is 29.6 Å². The lowest BCUT2D eigenvalue weighted by Gasteiger charge is -2.47. The number of nitrogens with zero attached hydrogens (tertiary/aromatic N) is 4. The number of esters is 1. The van der Waals surface area contributed by atoms with E-state index in [2.05, 4.69) is 20.2 Å². The summed E-state index contributed by atoms with van der Waals surface area (Å²) in [6.45, 7) is 0.306. The Morgan fingerprint density at radius 1 is 1.10 bits per heavy atom. The maximum atomic E-state index is 15.5. The van der Waals surface area contributed by atoms with Crippen LogP contribution in [0.15, 0.2) is 75.9 Å². The zero-order valence-electron chi connectivity index (χ0n) is 21.5. The number of benzene rings is 3. The molecular formula is C29H22FN4O5Si. The molecule has 5 aromatic rings. The minimum absolute atomic E-state index is 0.0338. The molecule has 1 N–H and O–H groups in total. The maximum Gasteiger partial charge on any atom is 0.337 e. The number of hydrogen-bond donors (Lipinski definition) is 1. The van der Waals surface area contributed by atoms with Crippen LogP contribution in [0, 0.1) is 5.82 Å². The number of aromatic nitrogens is 3. The number of halogens is 1. The van der Waals surface area contributed by atoms with Crippen LogP contribution in [-0.4, -0.2) is 49.5 Å². The van der Waals surface area contributed by atoms with Crippen molar-refractivity contribution in [3.63, 3.8) is 0 Å². The Labute approximate surface area is 230 Å². The van der Waals surface area contributed by atoms with Gasteiger partial charge in [-0.15, -0.1) is 0 Å². The molecule has 0 amide bonds. The zero-order chi connectivity index (χ0) is 28.2. The van der Waals surface area contributed by atoms with E-state index in [1.54, 1.807) is 59.5 Å². The molecule has 199 valence electrons. The first-order chi connectivity index (χ1) is 19.2. The van der Waals surface area contributed by atoms with Gasteiger partial charge >= 0.3 is 5.97 Å². The number of aromatic hydroxyl groups is 1. The number of carbonyl (C=O) groups excluding carboxylic acids is 1. The Balaban J connectivity index is 1.61. The van der Waals surface area contributed by atoms with Gasteiger partial charge in [0.1, 0.15) is 11.3 Å². The van der Waals surface area contributed by atoms with Crippen molar-refractivity contribution in [2.45, 2.75) is 11.6 Å². The Kier molecular flexibility index (Phi) is 6.03. The van der Waals surface area contributed by atoms with Gasteiger partial charge in [-0.1, -0.05) is 36.4 Å². The van der Waals surface area contributed by atoms with Gasteiger partial charge in [0, 0.05) is 19.2 Å². The highest BCUT2D eigenvalue weighted by Crippen LogP contribution is 2.43. The van der Waals surface area contributed by atoms with Gasteiger partial charge in [-0.2, -0.15) is 0 Å². The van der Waals surface area contributed by atoms with E-state index in [1.165, 1.54) is 24.8 Å². The van der Waals surface area contributed by atoms with E-state index in [1.807, 2.05) is 6.07 Å². The molecule has 0 unspecified atom stereocenters. The predicted molar refractivity (Wildman–Crippen MR) is 146 cm³/mol. The van der Waals surface area contributed by atoms with Gasteiger partial charge in [-0.3, -0.25) is 9.36 Å². The first-order valence-corrected chi connectivity index (χ1v) is 12.9. The molecule has 2 aromatic heterocycles. The van der Waals surface area contributed by atoms with Crippen molar-refractivity contribution in [3.8, 4) is 17.3 Å². The molecule has 0 bridgehead atoms. The third-order valence-corrected chi connectivity index (χ3v) is 7.98. The summed E-state index contributed by atoms with van der Waals surface area (Å²) in [5.41, 5.74) is 2.07. The van der Waals surface area contributed by atoms with E-state index < -0.39 is 28.3 Å². The van der Waals surface area contributed by atoms with Crippen molar-refractivity contribution >= 4 is 33.3 Å². The molecule has 9 nitrogen and oxygen atoms in total. The molecule has 1 aliphatic rings. The van der Waals surface area contributed by atoms with Crippen molar-refractivity contribution in [1.82, 2.24) is 14.5 Å². The van der Waals surface area contributed by atoms with Gasteiger partial charge in [0.05, 0.1) is 28.1 Å². The van der Waals surface area contributed by atoms with Gasteiger partial charge in [0.15, 0.2) is 11.3 Å². The molecule has 0 fully saturated rings. The largest absolute Gasteiger partial charge is 0.501 e. The maximum absolute atomic E-state index is 15.5. The third kappa shape index (κ3) is 3.81. The van der Waals surface area contributed by atoms with Crippen LogP contribution in [0.5, 0.6) is 5.75 Å². The van der Waals surface area contributed by atoms with Crippen LogP contribution < -0.4 is 10.5 Å². The fourth-order valence-electron chi connectivity index (χ4n) is 5.16. The lowest BCUT2D eigenvalue weighted by Crippen LogP contribution is -2.54. The molecule has 3 aromatic carbocycles. The quantitative estimate of drug-likeness (QED) is 0.265. The molecule has 3 heterocycles. The Morgan fingerprint density at radius 2 is 1.85 bits per heavy atom. The number of rotatable bonds is 4. The summed E-state index contributed by atoms with van der Waals surface area (Å²) in [6.07, 6.45) is 0.492. The normalized spacial score (nSPS) is 16.6.